The third-order valence-corrected chi connectivity index (χ3v) is 9.13. The molecule has 1 aliphatic heterocycles. The lowest BCUT2D eigenvalue weighted by molar-refractivity contribution is -0.161. The average molecular weight is 626 g/mol. The molecule has 8 heteroatoms. The maximum atomic E-state index is 14.6. The molecule has 1 aliphatic carbocycles. The number of fused-ring (bicyclic) bond motifs is 3. The van der Waals surface area contributed by atoms with E-state index in [1.54, 1.807) is 0 Å². The number of amides is 2. The zero-order valence-electron chi connectivity index (χ0n) is 25.9. The van der Waals surface area contributed by atoms with E-state index in [0.29, 0.717) is 43.3 Å². The van der Waals surface area contributed by atoms with E-state index < -0.39 is 24.5 Å². The first kappa shape index (κ1) is 31.4. The van der Waals surface area contributed by atoms with Crippen molar-refractivity contribution < 1.29 is 22.8 Å². The normalized spacial score (nSPS) is 17.3. The smallest absolute Gasteiger partial charge is 0.351 e. The molecule has 1 N–H and O–H groups in total. The lowest BCUT2D eigenvalue weighted by Crippen LogP contribution is -2.49. The van der Waals surface area contributed by atoms with Crippen molar-refractivity contribution in [2.24, 2.45) is 0 Å². The van der Waals surface area contributed by atoms with Crippen molar-refractivity contribution in [2.75, 3.05) is 24.5 Å². The zero-order chi connectivity index (χ0) is 32.3. The predicted molar refractivity (Wildman–Crippen MR) is 176 cm³/mol. The molecule has 0 radical (unpaired) electrons. The van der Waals surface area contributed by atoms with Crippen molar-refractivity contribution in [2.45, 2.75) is 57.3 Å². The Balaban J connectivity index is 1.62. The van der Waals surface area contributed by atoms with Gasteiger partial charge in [0.05, 0.1) is 11.6 Å². The van der Waals surface area contributed by atoms with Crippen LogP contribution >= 0.6 is 0 Å². The molecule has 1 fully saturated rings. The van der Waals surface area contributed by atoms with E-state index in [9.17, 15) is 22.8 Å². The SMILES string of the molecule is CCCCN(CC(F)(F)F)C(=O)C1c2ccccc2-c2ccc(-c3ccccc3-c3ccccc3)c(N3CCCCC3NC=O)c21. The minimum Gasteiger partial charge on any atom is -0.351 e. The van der Waals surface area contributed by atoms with E-state index >= 15 is 0 Å². The molecule has 0 spiro atoms. The van der Waals surface area contributed by atoms with Gasteiger partial charge in [0.15, 0.2) is 0 Å². The zero-order valence-corrected chi connectivity index (χ0v) is 25.9. The van der Waals surface area contributed by atoms with Crippen molar-refractivity contribution in [3.05, 3.63) is 102 Å². The number of alkyl halides is 3. The number of nitrogens with zero attached hydrogens (tertiary/aromatic N) is 2. The minimum absolute atomic E-state index is 0.0216. The van der Waals surface area contributed by atoms with Crippen molar-refractivity contribution in [1.82, 2.24) is 10.2 Å². The van der Waals surface area contributed by atoms with E-state index in [4.69, 9.17) is 0 Å². The third-order valence-electron chi connectivity index (χ3n) is 9.13. The summed E-state index contributed by atoms with van der Waals surface area (Å²) in [5.74, 6) is -1.48. The Hall–Kier alpha value is -4.59. The molecule has 1 saturated heterocycles. The second-order valence-electron chi connectivity index (χ2n) is 12.1. The summed E-state index contributed by atoms with van der Waals surface area (Å²) in [5, 5.41) is 3.00. The molecule has 2 aliphatic rings. The first-order valence-electron chi connectivity index (χ1n) is 16.0. The standard InChI is InChI=1S/C38H38F3N3O2/c1-2-3-22-43(24-38(39,40)41)37(46)35-30-18-10-9-17-29(30)31-20-21-32(28-16-8-7-15-27(28)26-13-5-4-6-14-26)36(34(31)35)44-23-12-11-19-33(44)42-25-45/h4-10,13-18,20-21,25,33,35H,2-3,11-12,19,22-24H2,1H3,(H,42,45). The highest BCUT2D eigenvalue weighted by atomic mass is 19.4. The Labute approximate surface area is 268 Å². The van der Waals surface area contributed by atoms with Crippen LogP contribution in [0, 0.1) is 0 Å². The van der Waals surface area contributed by atoms with E-state index in [1.807, 2.05) is 67.6 Å². The van der Waals surface area contributed by atoms with Crippen LogP contribution < -0.4 is 10.2 Å². The first-order valence-corrected chi connectivity index (χ1v) is 16.0. The number of nitrogens with one attached hydrogen (secondary N) is 1. The number of unbranched alkanes of at least 4 members (excludes halogenated alkanes) is 1. The number of carbonyl (C=O) groups is 2. The molecule has 4 aromatic rings. The number of benzene rings is 4. The molecule has 238 valence electrons. The molecule has 2 amide bonds. The van der Waals surface area contributed by atoms with Gasteiger partial charge in [0.2, 0.25) is 12.3 Å². The molecule has 4 aromatic carbocycles. The van der Waals surface area contributed by atoms with Crippen LogP contribution in [0.1, 0.15) is 56.1 Å². The number of halogens is 3. The number of carbonyl (C=O) groups excluding carboxylic acids is 2. The average Bonchev–Trinajstić information content (AvgIpc) is 3.41. The highest BCUT2D eigenvalue weighted by Crippen LogP contribution is 2.54. The highest BCUT2D eigenvalue weighted by Gasteiger charge is 2.43. The molecule has 46 heavy (non-hydrogen) atoms. The van der Waals surface area contributed by atoms with Crippen LogP contribution in [0.3, 0.4) is 0 Å². The Morgan fingerprint density at radius 2 is 1.54 bits per heavy atom. The molecule has 2 unspecified atom stereocenters. The summed E-state index contributed by atoms with van der Waals surface area (Å²) in [6.07, 6.45) is -0.507. The maximum Gasteiger partial charge on any atom is 0.406 e. The fraction of sp³-hybridized carbons (Fsp3) is 0.316. The minimum atomic E-state index is -4.53. The summed E-state index contributed by atoms with van der Waals surface area (Å²) in [7, 11) is 0. The van der Waals surface area contributed by atoms with Gasteiger partial charge in [-0.2, -0.15) is 13.2 Å². The Morgan fingerprint density at radius 3 is 2.26 bits per heavy atom. The van der Waals surface area contributed by atoms with Gasteiger partial charge in [-0.1, -0.05) is 104 Å². The fourth-order valence-electron chi connectivity index (χ4n) is 7.12. The van der Waals surface area contributed by atoms with Gasteiger partial charge >= 0.3 is 6.18 Å². The molecule has 6 rings (SSSR count). The molecule has 1 heterocycles. The van der Waals surface area contributed by atoms with E-state index in [2.05, 4.69) is 40.5 Å². The van der Waals surface area contributed by atoms with Crippen molar-refractivity contribution in [1.29, 1.82) is 0 Å². The van der Waals surface area contributed by atoms with Gasteiger partial charge in [-0.25, -0.2) is 0 Å². The lowest BCUT2D eigenvalue weighted by Gasteiger charge is -2.40. The molecular formula is C38H38F3N3O2. The summed E-state index contributed by atoms with van der Waals surface area (Å²) in [5.41, 5.74) is 7.73. The molecule has 0 bridgehead atoms. The van der Waals surface area contributed by atoms with Crippen LogP contribution in [-0.2, 0) is 9.59 Å². The summed E-state index contributed by atoms with van der Waals surface area (Å²) in [4.78, 5) is 29.6. The summed E-state index contributed by atoms with van der Waals surface area (Å²) in [6.45, 7) is 1.25. The second kappa shape index (κ2) is 13.4. The van der Waals surface area contributed by atoms with E-state index in [0.717, 1.165) is 56.8 Å². The molecule has 5 nitrogen and oxygen atoms in total. The highest BCUT2D eigenvalue weighted by molar-refractivity contribution is 6.03. The topological polar surface area (TPSA) is 52.7 Å². The van der Waals surface area contributed by atoms with Crippen molar-refractivity contribution >= 4 is 18.0 Å². The van der Waals surface area contributed by atoms with Crippen LogP contribution in [-0.4, -0.2) is 49.2 Å². The predicted octanol–water partition coefficient (Wildman–Crippen LogP) is 8.39. The van der Waals surface area contributed by atoms with Gasteiger partial charge in [0.25, 0.3) is 0 Å². The summed E-state index contributed by atoms with van der Waals surface area (Å²) in [6, 6.07) is 29.7. The van der Waals surface area contributed by atoms with Gasteiger partial charge in [0.1, 0.15) is 12.7 Å². The van der Waals surface area contributed by atoms with Crippen LogP contribution in [0.15, 0.2) is 91.0 Å². The monoisotopic (exact) mass is 625 g/mol. The van der Waals surface area contributed by atoms with Crippen LogP contribution in [0.25, 0.3) is 33.4 Å². The van der Waals surface area contributed by atoms with Crippen LogP contribution in [0.4, 0.5) is 18.9 Å². The quantitative estimate of drug-likeness (QED) is 0.180. The number of rotatable bonds is 10. The Morgan fingerprint density at radius 1 is 0.870 bits per heavy atom. The molecule has 2 atom stereocenters. The van der Waals surface area contributed by atoms with Gasteiger partial charge in [-0.15, -0.1) is 0 Å². The number of anilines is 1. The number of piperidine rings is 1. The summed E-state index contributed by atoms with van der Waals surface area (Å²) >= 11 is 0. The molecule has 0 saturated carbocycles. The van der Waals surface area contributed by atoms with Gasteiger partial charge < -0.3 is 15.1 Å². The van der Waals surface area contributed by atoms with Gasteiger partial charge in [-0.3, -0.25) is 9.59 Å². The third kappa shape index (κ3) is 6.13. The second-order valence-corrected chi connectivity index (χ2v) is 12.1. The van der Waals surface area contributed by atoms with Crippen LogP contribution in [0.2, 0.25) is 0 Å². The van der Waals surface area contributed by atoms with Crippen molar-refractivity contribution in [3.63, 3.8) is 0 Å². The van der Waals surface area contributed by atoms with Gasteiger partial charge in [0, 0.05) is 24.2 Å². The Kier molecular flexibility index (Phi) is 9.15. The van der Waals surface area contributed by atoms with Crippen molar-refractivity contribution in [3.8, 4) is 33.4 Å². The Bertz CT molecular complexity index is 1710. The van der Waals surface area contributed by atoms with E-state index in [1.165, 1.54) is 0 Å². The fourth-order valence-corrected chi connectivity index (χ4v) is 7.12. The molecule has 0 aromatic heterocycles. The summed E-state index contributed by atoms with van der Waals surface area (Å²) < 4.78 is 41.8. The number of hydrogen-bond acceptors (Lipinski definition) is 3. The number of hydrogen-bond donors (Lipinski definition) is 1. The largest absolute Gasteiger partial charge is 0.406 e. The molecular weight excluding hydrogens is 587 g/mol. The lowest BCUT2D eigenvalue weighted by atomic mass is 9.86. The van der Waals surface area contributed by atoms with E-state index in [-0.39, 0.29) is 12.7 Å². The van der Waals surface area contributed by atoms with Gasteiger partial charge in [-0.05, 0) is 59.1 Å². The van der Waals surface area contributed by atoms with Crippen LogP contribution in [0.5, 0.6) is 0 Å². The first-order chi connectivity index (χ1) is 22.3. The maximum absolute atomic E-state index is 14.6.